The number of carbonyl (C=O) groups is 1. The Labute approximate surface area is 232 Å². The molecule has 1 aliphatic heterocycles. The van der Waals surface area contributed by atoms with E-state index in [0.29, 0.717) is 28.6 Å². The molecule has 0 bridgehead atoms. The Kier molecular flexibility index (Phi) is 6.94. The highest BCUT2D eigenvalue weighted by Gasteiger charge is 2.43. The zero-order chi connectivity index (χ0) is 28.0. The highest BCUT2D eigenvalue weighted by Crippen LogP contribution is 2.47. The van der Waals surface area contributed by atoms with Crippen LogP contribution in [0.1, 0.15) is 47.5 Å². The molecular formula is C29H30ClFN6O2. The van der Waals surface area contributed by atoms with Crippen LogP contribution in [0.4, 0.5) is 21.7 Å². The van der Waals surface area contributed by atoms with E-state index in [1.165, 1.54) is 12.1 Å². The summed E-state index contributed by atoms with van der Waals surface area (Å²) in [6.07, 6.45) is 1.73. The van der Waals surface area contributed by atoms with Crippen molar-refractivity contribution in [3.8, 4) is 17.1 Å². The molecule has 2 aromatic heterocycles. The SMILES string of the molecule is CNc1ccc(C2c3c(cc(-c4cnc(N(C)C)nc4OC)n3C(C)C)C(=O)N2c2ccc(F)c(Cl)c2)cc1. The predicted molar refractivity (Wildman–Crippen MR) is 153 cm³/mol. The van der Waals surface area contributed by atoms with Gasteiger partial charge < -0.3 is 19.5 Å². The first-order valence-corrected chi connectivity index (χ1v) is 12.9. The minimum absolute atomic E-state index is 0.0226. The van der Waals surface area contributed by atoms with E-state index in [1.807, 2.05) is 51.5 Å². The number of hydrogen-bond acceptors (Lipinski definition) is 6. The number of halogens is 2. The van der Waals surface area contributed by atoms with Crippen LogP contribution in [0, 0.1) is 5.82 Å². The predicted octanol–water partition coefficient (Wildman–Crippen LogP) is 6.18. The van der Waals surface area contributed by atoms with Gasteiger partial charge in [-0.15, -0.1) is 0 Å². The maximum absolute atomic E-state index is 14.1. The van der Waals surface area contributed by atoms with Crippen molar-refractivity contribution in [1.29, 1.82) is 0 Å². The summed E-state index contributed by atoms with van der Waals surface area (Å²) in [7, 11) is 7.14. The van der Waals surface area contributed by atoms with Crippen LogP contribution >= 0.6 is 11.6 Å². The molecular weight excluding hydrogens is 519 g/mol. The molecule has 0 aliphatic carbocycles. The second-order valence-corrected chi connectivity index (χ2v) is 10.2. The van der Waals surface area contributed by atoms with Crippen LogP contribution in [0.25, 0.3) is 11.3 Å². The van der Waals surface area contributed by atoms with Gasteiger partial charge in [-0.2, -0.15) is 4.98 Å². The summed E-state index contributed by atoms with van der Waals surface area (Å²) in [5, 5.41) is 3.09. The van der Waals surface area contributed by atoms with Crippen LogP contribution in [0.3, 0.4) is 0 Å². The van der Waals surface area contributed by atoms with Gasteiger partial charge in [0.25, 0.3) is 5.91 Å². The molecule has 10 heteroatoms. The van der Waals surface area contributed by atoms with Crippen molar-refractivity contribution in [3.05, 3.63) is 82.4 Å². The summed E-state index contributed by atoms with van der Waals surface area (Å²) in [5.41, 5.74) is 5.18. The molecule has 4 aromatic rings. The Morgan fingerprint density at radius 3 is 2.41 bits per heavy atom. The van der Waals surface area contributed by atoms with Crippen molar-refractivity contribution in [2.75, 3.05) is 43.4 Å². The van der Waals surface area contributed by atoms with E-state index in [9.17, 15) is 9.18 Å². The zero-order valence-electron chi connectivity index (χ0n) is 22.7. The minimum atomic E-state index is -0.540. The maximum atomic E-state index is 14.1. The van der Waals surface area contributed by atoms with Gasteiger partial charge in [-0.3, -0.25) is 9.69 Å². The minimum Gasteiger partial charge on any atom is -0.480 e. The third kappa shape index (κ3) is 4.46. The number of amides is 1. The summed E-state index contributed by atoms with van der Waals surface area (Å²) in [4.78, 5) is 26.7. The lowest BCUT2D eigenvalue weighted by atomic mass is 10.0. The number of hydrogen-bond donors (Lipinski definition) is 1. The fourth-order valence-electron chi connectivity index (χ4n) is 5.07. The Balaban J connectivity index is 1.76. The van der Waals surface area contributed by atoms with Gasteiger partial charge in [0.15, 0.2) is 0 Å². The summed E-state index contributed by atoms with van der Waals surface area (Å²) in [6, 6.07) is 13.6. The van der Waals surface area contributed by atoms with Gasteiger partial charge in [-0.1, -0.05) is 23.7 Å². The van der Waals surface area contributed by atoms with Gasteiger partial charge in [-0.05, 0) is 55.8 Å². The Hall–Kier alpha value is -4.11. The molecule has 0 spiro atoms. The molecule has 1 amide bonds. The standard InChI is InChI=1S/C29H30ClFN6O2/c1-16(2)36-24(21-15-33-29(35(4)5)34-27(21)39-6)14-20-26(36)25(17-7-9-18(32-3)10-8-17)37(28(20)38)19-11-12-23(31)22(30)13-19/h7-16,25,32H,1-6H3. The summed E-state index contributed by atoms with van der Waals surface area (Å²) >= 11 is 6.16. The lowest BCUT2D eigenvalue weighted by Gasteiger charge is -2.29. The average molecular weight is 549 g/mol. The molecule has 2 aromatic carbocycles. The molecule has 0 saturated heterocycles. The molecule has 1 N–H and O–H groups in total. The third-order valence-electron chi connectivity index (χ3n) is 6.87. The number of benzene rings is 2. The molecule has 8 nitrogen and oxygen atoms in total. The first-order valence-electron chi connectivity index (χ1n) is 12.6. The van der Waals surface area contributed by atoms with Crippen molar-refractivity contribution in [3.63, 3.8) is 0 Å². The van der Waals surface area contributed by atoms with Gasteiger partial charge in [0, 0.05) is 44.8 Å². The molecule has 1 atom stereocenters. The summed E-state index contributed by atoms with van der Waals surface area (Å²) < 4.78 is 21.9. The van der Waals surface area contributed by atoms with E-state index in [4.69, 9.17) is 16.3 Å². The molecule has 39 heavy (non-hydrogen) atoms. The first-order chi connectivity index (χ1) is 18.7. The van der Waals surface area contributed by atoms with Gasteiger partial charge in [0.1, 0.15) is 11.9 Å². The molecule has 1 aliphatic rings. The van der Waals surface area contributed by atoms with E-state index in [-0.39, 0.29) is 17.0 Å². The smallest absolute Gasteiger partial charge is 0.261 e. The molecule has 0 fully saturated rings. The largest absolute Gasteiger partial charge is 0.480 e. The summed E-state index contributed by atoms with van der Waals surface area (Å²) in [6.45, 7) is 4.13. The van der Waals surface area contributed by atoms with E-state index >= 15 is 0 Å². The average Bonchev–Trinajstić information content (AvgIpc) is 3.45. The van der Waals surface area contributed by atoms with Crippen LogP contribution in [-0.2, 0) is 0 Å². The number of anilines is 3. The molecule has 3 heterocycles. The van der Waals surface area contributed by atoms with Crippen LogP contribution in [0.5, 0.6) is 5.88 Å². The quantitative estimate of drug-likeness (QED) is 0.297. The van der Waals surface area contributed by atoms with Crippen molar-refractivity contribution in [2.45, 2.75) is 25.9 Å². The van der Waals surface area contributed by atoms with Crippen molar-refractivity contribution >= 4 is 34.8 Å². The number of fused-ring (bicyclic) bond motifs is 1. The second kappa shape index (κ2) is 10.2. The van der Waals surface area contributed by atoms with Gasteiger partial charge in [0.05, 0.1) is 34.6 Å². The highest BCUT2D eigenvalue weighted by atomic mass is 35.5. The summed E-state index contributed by atoms with van der Waals surface area (Å²) in [5.74, 6) is 0.183. The van der Waals surface area contributed by atoms with Gasteiger partial charge in [0.2, 0.25) is 11.8 Å². The maximum Gasteiger partial charge on any atom is 0.261 e. The number of nitrogens with zero attached hydrogens (tertiary/aromatic N) is 5. The zero-order valence-corrected chi connectivity index (χ0v) is 23.4. The number of carbonyl (C=O) groups excluding carboxylic acids is 1. The van der Waals surface area contributed by atoms with Gasteiger partial charge in [-0.25, -0.2) is 9.37 Å². The number of aromatic nitrogens is 3. The monoisotopic (exact) mass is 548 g/mol. The normalized spacial score (nSPS) is 14.6. The number of methoxy groups -OCH3 is 1. The Morgan fingerprint density at radius 1 is 1.10 bits per heavy atom. The number of ether oxygens (including phenoxy) is 1. The fourth-order valence-corrected chi connectivity index (χ4v) is 5.24. The van der Waals surface area contributed by atoms with Crippen LogP contribution < -0.4 is 19.9 Å². The van der Waals surface area contributed by atoms with Crippen LogP contribution in [0.15, 0.2) is 54.7 Å². The van der Waals surface area contributed by atoms with E-state index in [2.05, 4.69) is 33.7 Å². The molecule has 0 saturated carbocycles. The molecule has 202 valence electrons. The van der Waals surface area contributed by atoms with Crippen molar-refractivity contribution in [1.82, 2.24) is 14.5 Å². The molecule has 5 rings (SSSR count). The van der Waals surface area contributed by atoms with Crippen molar-refractivity contribution < 1.29 is 13.9 Å². The van der Waals surface area contributed by atoms with Crippen molar-refractivity contribution in [2.24, 2.45) is 0 Å². The molecule has 0 radical (unpaired) electrons. The Bertz CT molecular complexity index is 1550. The van der Waals surface area contributed by atoms with E-state index in [0.717, 1.165) is 22.6 Å². The van der Waals surface area contributed by atoms with Gasteiger partial charge >= 0.3 is 0 Å². The van der Waals surface area contributed by atoms with E-state index in [1.54, 1.807) is 29.2 Å². The van der Waals surface area contributed by atoms with Crippen LogP contribution in [-0.4, -0.2) is 48.7 Å². The first kappa shape index (κ1) is 26.5. The topological polar surface area (TPSA) is 75.5 Å². The third-order valence-corrected chi connectivity index (χ3v) is 7.16. The second-order valence-electron chi connectivity index (χ2n) is 9.83. The van der Waals surface area contributed by atoms with Crippen LogP contribution in [0.2, 0.25) is 5.02 Å². The lowest BCUT2D eigenvalue weighted by Crippen LogP contribution is -2.30. The lowest BCUT2D eigenvalue weighted by molar-refractivity contribution is 0.0993. The fraction of sp³-hybridized carbons (Fsp3) is 0.276. The number of nitrogens with one attached hydrogen (secondary N) is 1. The highest BCUT2D eigenvalue weighted by molar-refractivity contribution is 6.31. The Morgan fingerprint density at radius 2 is 1.82 bits per heavy atom. The van der Waals surface area contributed by atoms with E-state index < -0.39 is 11.9 Å². The molecule has 1 unspecified atom stereocenters. The number of rotatable bonds is 7.